The topological polar surface area (TPSA) is 56.1 Å². The molecule has 0 unspecified atom stereocenters. The first-order valence-electron chi connectivity index (χ1n) is 10.5. The molecule has 0 bridgehead atoms. The lowest BCUT2D eigenvalue weighted by Crippen LogP contribution is -2.25. The summed E-state index contributed by atoms with van der Waals surface area (Å²) in [5.41, 5.74) is 2.54. The van der Waals surface area contributed by atoms with Gasteiger partial charge in [-0.15, -0.1) is 0 Å². The summed E-state index contributed by atoms with van der Waals surface area (Å²) in [6.07, 6.45) is 7.02. The van der Waals surface area contributed by atoms with E-state index in [0.29, 0.717) is 12.2 Å². The molecule has 0 saturated carbocycles. The minimum absolute atomic E-state index is 0.109. The standard InChI is InChI=1S/C23H35N3O2/c1-5-20-16-22(26(4)25-20)23(27)24-17-19-12-10-13-21(15-19)28-14-9-7-6-8-11-18(2)3/h10,12-13,15-16,18H,5-9,11,14,17H2,1-4H3,(H,24,27). The quantitative estimate of drug-likeness (QED) is 0.529. The Bertz CT molecular complexity index is 737. The van der Waals surface area contributed by atoms with E-state index < -0.39 is 0 Å². The summed E-state index contributed by atoms with van der Waals surface area (Å²) >= 11 is 0. The second kappa shape index (κ2) is 11.5. The van der Waals surface area contributed by atoms with Crippen molar-refractivity contribution in [1.82, 2.24) is 15.1 Å². The zero-order valence-corrected chi connectivity index (χ0v) is 17.8. The fourth-order valence-electron chi connectivity index (χ4n) is 3.13. The van der Waals surface area contributed by atoms with Crippen LogP contribution in [0.5, 0.6) is 5.75 Å². The zero-order valence-electron chi connectivity index (χ0n) is 17.8. The van der Waals surface area contributed by atoms with E-state index in [4.69, 9.17) is 4.74 Å². The molecular formula is C23H35N3O2. The molecule has 0 saturated heterocycles. The average Bonchev–Trinajstić information content (AvgIpc) is 3.06. The first-order chi connectivity index (χ1) is 13.5. The van der Waals surface area contributed by atoms with Crippen molar-refractivity contribution in [3.8, 4) is 5.75 Å². The van der Waals surface area contributed by atoms with Crippen LogP contribution in [0.15, 0.2) is 30.3 Å². The van der Waals surface area contributed by atoms with Gasteiger partial charge in [-0.3, -0.25) is 9.48 Å². The number of hydrogen-bond donors (Lipinski definition) is 1. The maximum Gasteiger partial charge on any atom is 0.269 e. The molecule has 5 nitrogen and oxygen atoms in total. The highest BCUT2D eigenvalue weighted by atomic mass is 16.5. The molecular weight excluding hydrogens is 350 g/mol. The summed E-state index contributed by atoms with van der Waals surface area (Å²) in [5, 5.41) is 7.29. The van der Waals surface area contributed by atoms with Gasteiger partial charge in [-0.25, -0.2) is 0 Å². The highest BCUT2D eigenvalue weighted by Gasteiger charge is 2.12. The molecule has 1 aromatic carbocycles. The van der Waals surface area contributed by atoms with Crippen molar-refractivity contribution in [2.45, 2.75) is 65.8 Å². The molecule has 5 heteroatoms. The second-order valence-corrected chi connectivity index (χ2v) is 7.77. The Hall–Kier alpha value is -2.30. The third-order valence-electron chi connectivity index (χ3n) is 4.82. The first kappa shape index (κ1) is 22.0. The van der Waals surface area contributed by atoms with E-state index in [0.717, 1.165) is 42.4 Å². The van der Waals surface area contributed by atoms with Gasteiger partial charge in [0.25, 0.3) is 5.91 Å². The predicted octanol–water partition coefficient (Wildman–Crippen LogP) is 4.90. The predicted molar refractivity (Wildman–Crippen MR) is 114 cm³/mol. The number of carbonyl (C=O) groups excluding carboxylic acids is 1. The van der Waals surface area contributed by atoms with Crippen LogP contribution >= 0.6 is 0 Å². The highest BCUT2D eigenvalue weighted by molar-refractivity contribution is 5.92. The van der Waals surface area contributed by atoms with E-state index >= 15 is 0 Å². The van der Waals surface area contributed by atoms with Gasteiger partial charge in [0.1, 0.15) is 11.4 Å². The Morgan fingerprint density at radius 3 is 2.68 bits per heavy atom. The largest absolute Gasteiger partial charge is 0.494 e. The van der Waals surface area contributed by atoms with Crippen LogP contribution in [0.1, 0.15) is 74.6 Å². The maximum atomic E-state index is 12.4. The number of hydrogen-bond acceptors (Lipinski definition) is 3. The highest BCUT2D eigenvalue weighted by Crippen LogP contribution is 2.15. The van der Waals surface area contributed by atoms with Gasteiger partial charge in [-0.05, 0) is 42.5 Å². The minimum atomic E-state index is -0.109. The lowest BCUT2D eigenvalue weighted by atomic mass is 10.0. The van der Waals surface area contributed by atoms with Crippen LogP contribution in [-0.4, -0.2) is 22.3 Å². The number of unbranched alkanes of at least 4 members (excludes halogenated alkanes) is 3. The van der Waals surface area contributed by atoms with Crippen LogP contribution in [0.3, 0.4) is 0 Å². The summed E-state index contributed by atoms with van der Waals surface area (Å²) < 4.78 is 7.51. The number of rotatable bonds is 12. The molecule has 1 N–H and O–H groups in total. The third kappa shape index (κ3) is 7.37. The smallest absolute Gasteiger partial charge is 0.269 e. The SMILES string of the molecule is CCc1cc(C(=O)NCc2cccc(OCCCCCCC(C)C)c2)n(C)n1. The Balaban J connectivity index is 1.73. The zero-order chi connectivity index (χ0) is 20.4. The normalized spacial score (nSPS) is 11.0. The van der Waals surface area contributed by atoms with Crippen LogP contribution < -0.4 is 10.1 Å². The molecule has 154 valence electrons. The molecule has 2 aromatic rings. The molecule has 1 amide bonds. The van der Waals surface area contributed by atoms with E-state index in [2.05, 4.69) is 24.3 Å². The second-order valence-electron chi connectivity index (χ2n) is 7.77. The Kier molecular flexibility index (Phi) is 9.05. The Labute approximate surface area is 169 Å². The van der Waals surface area contributed by atoms with Crippen molar-refractivity contribution in [3.63, 3.8) is 0 Å². The van der Waals surface area contributed by atoms with Gasteiger partial charge in [-0.1, -0.05) is 58.6 Å². The van der Waals surface area contributed by atoms with Gasteiger partial charge in [0.15, 0.2) is 0 Å². The van der Waals surface area contributed by atoms with E-state index in [-0.39, 0.29) is 5.91 Å². The van der Waals surface area contributed by atoms with E-state index in [1.54, 1.807) is 11.7 Å². The van der Waals surface area contributed by atoms with Crippen molar-refractivity contribution in [2.75, 3.05) is 6.61 Å². The summed E-state index contributed by atoms with van der Waals surface area (Å²) in [7, 11) is 1.80. The van der Waals surface area contributed by atoms with Crippen molar-refractivity contribution in [3.05, 3.63) is 47.3 Å². The molecule has 1 heterocycles. The van der Waals surface area contributed by atoms with Crippen LogP contribution in [-0.2, 0) is 20.0 Å². The van der Waals surface area contributed by atoms with E-state index in [9.17, 15) is 4.79 Å². The van der Waals surface area contributed by atoms with E-state index in [1.165, 1.54) is 25.7 Å². The van der Waals surface area contributed by atoms with Crippen LogP contribution in [0, 0.1) is 5.92 Å². The number of carbonyl (C=O) groups is 1. The summed E-state index contributed by atoms with van der Waals surface area (Å²) in [5.74, 6) is 1.55. The molecule has 1 aromatic heterocycles. The van der Waals surface area contributed by atoms with Crippen LogP contribution in [0.4, 0.5) is 0 Å². The molecule has 0 radical (unpaired) electrons. The van der Waals surface area contributed by atoms with Crippen molar-refractivity contribution in [2.24, 2.45) is 13.0 Å². The molecule has 0 aliphatic rings. The monoisotopic (exact) mass is 385 g/mol. The third-order valence-corrected chi connectivity index (χ3v) is 4.82. The van der Waals surface area contributed by atoms with Gasteiger partial charge < -0.3 is 10.1 Å². The van der Waals surface area contributed by atoms with Crippen molar-refractivity contribution in [1.29, 1.82) is 0 Å². The molecule has 0 aliphatic carbocycles. The summed E-state index contributed by atoms with van der Waals surface area (Å²) in [6, 6.07) is 9.78. The van der Waals surface area contributed by atoms with Crippen LogP contribution in [0.2, 0.25) is 0 Å². The number of aromatic nitrogens is 2. The summed E-state index contributed by atoms with van der Waals surface area (Å²) in [6.45, 7) is 7.79. The number of nitrogens with one attached hydrogen (secondary N) is 1. The van der Waals surface area contributed by atoms with Gasteiger partial charge in [0.05, 0.1) is 12.3 Å². The van der Waals surface area contributed by atoms with Crippen LogP contribution in [0.25, 0.3) is 0 Å². The fourth-order valence-corrected chi connectivity index (χ4v) is 3.13. The fraction of sp³-hybridized carbons (Fsp3) is 0.565. The number of nitrogens with zero attached hydrogens (tertiary/aromatic N) is 2. The molecule has 0 aliphatic heterocycles. The van der Waals surface area contributed by atoms with Gasteiger partial charge >= 0.3 is 0 Å². The lowest BCUT2D eigenvalue weighted by molar-refractivity contribution is 0.0941. The molecule has 0 fully saturated rings. The molecule has 0 atom stereocenters. The Morgan fingerprint density at radius 2 is 1.96 bits per heavy atom. The average molecular weight is 386 g/mol. The number of ether oxygens (including phenoxy) is 1. The maximum absolute atomic E-state index is 12.4. The van der Waals surface area contributed by atoms with Gasteiger partial charge in [0.2, 0.25) is 0 Å². The summed E-state index contributed by atoms with van der Waals surface area (Å²) in [4.78, 5) is 12.4. The van der Waals surface area contributed by atoms with Gasteiger partial charge in [0, 0.05) is 13.6 Å². The van der Waals surface area contributed by atoms with Crippen molar-refractivity contribution < 1.29 is 9.53 Å². The number of benzene rings is 1. The molecule has 28 heavy (non-hydrogen) atoms. The number of amides is 1. The minimum Gasteiger partial charge on any atom is -0.494 e. The lowest BCUT2D eigenvalue weighted by Gasteiger charge is -2.09. The van der Waals surface area contributed by atoms with Crippen molar-refractivity contribution >= 4 is 5.91 Å². The molecule has 0 spiro atoms. The number of aryl methyl sites for hydroxylation is 2. The van der Waals surface area contributed by atoms with E-state index in [1.807, 2.05) is 37.3 Å². The Morgan fingerprint density at radius 1 is 1.18 bits per heavy atom. The molecule has 2 rings (SSSR count). The first-order valence-corrected chi connectivity index (χ1v) is 10.5. The van der Waals surface area contributed by atoms with Gasteiger partial charge in [-0.2, -0.15) is 5.10 Å².